The molecule has 1 atom stereocenters. The van der Waals surface area contributed by atoms with Crippen LogP contribution in [0, 0.1) is 0 Å². The SMILES string of the molecule is CN(C)c1ncccc1O[C@H]1CCN(C(=O)Nc2cccnc2)C1. The van der Waals surface area contributed by atoms with Crippen LogP contribution in [0.1, 0.15) is 6.42 Å². The highest BCUT2D eigenvalue weighted by atomic mass is 16.5. The van der Waals surface area contributed by atoms with E-state index in [0.29, 0.717) is 18.8 Å². The molecule has 0 radical (unpaired) electrons. The third-order valence-corrected chi connectivity index (χ3v) is 3.81. The lowest BCUT2D eigenvalue weighted by Gasteiger charge is -2.20. The van der Waals surface area contributed by atoms with Crippen LogP contribution in [-0.2, 0) is 0 Å². The van der Waals surface area contributed by atoms with Gasteiger partial charge in [0.1, 0.15) is 6.10 Å². The van der Waals surface area contributed by atoms with Crippen LogP contribution in [0.2, 0.25) is 0 Å². The largest absolute Gasteiger partial charge is 0.485 e. The monoisotopic (exact) mass is 327 g/mol. The van der Waals surface area contributed by atoms with Crippen molar-refractivity contribution in [1.82, 2.24) is 14.9 Å². The number of anilines is 2. The summed E-state index contributed by atoms with van der Waals surface area (Å²) in [6.45, 7) is 1.21. The van der Waals surface area contributed by atoms with E-state index in [2.05, 4.69) is 15.3 Å². The molecule has 0 aromatic carbocycles. The number of pyridine rings is 2. The molecule has 24 heavy (non-hydrogen) atoms. The fourth-order valence-electron chi connectivity index (χ4n) is 2.64. The number of urea groups is 1. The number of amides is 2. The number of carbonyl (C=O) groups excluding carboxylic acids is 1. The first-order chi connectivity index (χ1) is 11.6. The molecule has 2 aromatic heterocycles. The molecule has 0 bridgehead atoms. The van der Waals surface area contributed by atoms with Crippen LogP contribution >= 0.6 is 0 Å². The predicted molar refractivity (Wildman–Crippen MR) is 92.4 cm³/mol. The standard InChI is InChI=1S/C17H21N5O2/c1-21(2)16-15(6-4-9-19-16)24-14-7-10-22(12-14)17(23)20-13-5-3-8-18-11-13/h3-6,8-9,11,14H,7,10,12H2,1-2H3,(H,20,23)/t14-/m0/s1. The molecule has 1 fully saturated rings. The fraction of sp³-hybridized carbons (Fsp3) is 0.353. The summed E-state index contributed by atoms with van der Waals surface area (Å²) in [5, 5.41) is 2.85. The van der Waals surface area contributed by atoms with Gasteiger partial charge in [-0.1, -0.05) is 0 Å². The lowest BCUT2D eigenvalue weighted by molar-refractivity contribution is 0.195. The molecule has 1 aliphatic heterocycles. The molecule has 2 amide bonds. The highest BCUT2D eigenvalue weighted by molar-refractivity contribution is 5.89. The van der Waals surface area contributed by atoms with Gasteiger partial charge in [0, 0.05) is 39.5 Å². The predicted octanol–water partition coefficient (Wildman–Crippen LogP) is 2.23. The highest BCUT2D eigenvalue weighted by Crippen LogP contribution is 2.26. The Kier molecular flexibility index (Phi) is 4.79. The third kappa shape index (κ3) is 3.73. The summed E-state index contributed by atoms with van der Waals surface area (Å²) in [5.41, 5.74) is 0.689. The van der Waals surface area contributed by atoms with Crippen molar-refractivity contribution < 1.29 is 9.53 Å². The number of nitrogens with one attached hydrogen (secondary N) is 1. The summed E-state index contributed by atoms with van der Waals surface area (Å²) in [7, 11) is 3.86. The molecule has 0 spiro atoms. The first kappa shape index (κ1) is 16.0. The Bertz CT molecular complexity index is 692. The Morgan fingerprint density at radius 1 is 1.33 bits per heavy atom. The minimum Gasteiger partial charge on any atom is -0.485 e. The van der Waals surface area contributed by atoms with Crippen LogP contribution in [0.25, 0.3) is 0 Å². The zero-order valence-electron chi connectivity index (χ0n) is 13.8. The van der Waals surface area contributed by atoms with Gasteiger partial charge < -0.3 is 19.9 Å². The van der Waals surface area contributed by atoms with Gasteiger partial charge in [-0.25, -0.2) is 9.78 Å². The number of carbonyl (C=O) groups is 1. The molecule has 3 heterocycles. The summed E-state index contributed by atoms with van der Waals surface area (Å²) in [6.07, 6.45) is 5.80. The van der Waals surface area contributed by atoms with Gasteiger partial charge in [-0.3, -0.25) is 4.98 Å². The van der Waals surface area contributed by atoms with E-state index in [1.807, 2.05) is 37.2 Å². The van der Waals surface area contributed by atoms with Crippen molar-refractivity contribution in [3.05, 3.63) is 42.9 Å². The maximum atomic E-state index is 12.3. The average molecular weight is 327 g/mol. The summed E-state index contributed by atoms with van der Waals surface area (Å²) >= 11 is 0. The van der Waals surface area contributed by atoms with E-state index in [0.717, 1.165) is 18.0 Å². The maximum Gasteiger partial charge on any atom is 0.322 e. The summed E-state index contributed by atoms with van der Waals surface area (Å²) in [6, 6.07) is 7.23. The number of ether oxygens (including phenoxy) is 1. The Morgan fingerprint density at radius 2 is 2.17 bits per heavy atom. The Balaban J connectivity index is 1.59. The lowest BCUT2D eigenvalue weighted by atomic mass is 10.3. The molecular weight excluding hydrogens is 306 g/mol. The van der Waals surface area contributed by atoms with E-state index in [9.17, 15) is 4.79 Å². The molecule has 1 N–H and O–H groups in total. The topological polar surface area (TPSA) is 70.6 Å². The van der Waals surface area contributed by atoms with E-state index in [1.165, 1.54) is 0 Å². The molecule has 0 unspecified atom stereocenters. The van der Waals surface area contributed by atoms with Crippen molar-refractivity contribution in [3.8, 4) is 5.75 Å². The van der Waals surface area contributed by atoms with E-state index in [4.69, 9.17) is 4.74 Å². The summed E-state index contributed by atoms with van der Waals surface area (Å²) < 4.78 is 6.06. The second-order valence-corrected chi connectivity index (χ2v) is 5.87. The Labute approximate surface area is 141 Å². The third-order valence-electron chi connectivity index (χ3n) is 3.81. The molecule has 126 valence electrons. The van der Waals surface area contributed by atoms with Crippen LogP contribution in [0.3, 0.4) is 0 Å². The van der Waals surface area contributed by atoms with Gasteiger partial charge in [-0.15, -0.1) is 0 Å². The van der Waals surface area contributed by atoms with Crippen molar-refractivity contribution >= 4 is 17.5 Å². The highest BCUT2D eigenvalue weighted by Gasteiger charge is 2.28. The first-order valence-electron chi connectivity index (χ1n) is 7.88. The molecular formula is C17H21N5O2. The minimum absolute atomic E-state index is 0.0347. The molecule has 7 nitrogen and oxygen atoms in total. The molecule has 0 saturated carbocycles. The van der Waals surface area contributed by atoms with Crippen LogP contribution in [0.4, 0.5) is 16.3 Å². The quantitative estimate of drug-likeness (QED) is 0.932. The number of likely N-dealkylation sites (tertiary alicyclic amines) is 1. The maximum absolute atomic E-state index is 12.3. The second-order valence-electron chi connectivity index (χ2n) is 5.87. The second kappa shape index (κ2) is 7.16. The van der Waals surface area contributed by atoms with Gasteiger partial charge in [0.15, 0.2) is 11.6 Å². The number of rotatable bonds is 4. The summed E-state index contributed by atoms with van der Waals surface area (Å²) in [4.78, 5) is 24.3. The van der Waals surface area contributed by atoms with Gasteiger partial charge in [0.2, 0.25) is 0 Å². The molecule has 1 saturated heterocycles. The van der Waals surface area contributed by atoms with E-state index >= 15 is 0 Å². The minimum atomic E-state index is -0.131. The normalized spacial score (nSPS) is 16.8. The number of hydrogen-bond acceptors (Lipinski definition) is 5. The van der Waals surface area contributed by atoms with Gasteiger partial charge in [0.25, 0.3) is 0 Å². The van der Waals surface area contributed by atoms with Gasteiger partial charge in [-0.05, 0) is 24.3 Å². The smallest absolute Gasteiger partial charge is 0.322 e. The molecule has 1 aliphatic rings. The number of aromatic nitrogens is 2. The van der Waals surface area contributed by atoms with Crippen molar-refractivity contribution in [3.63, 3.8) is 0 Å². The van der Waals surface area contributed by atoms with Crippen molar-refractivity contribution in [1.29, 1.82) is 0 Å². The Hall–Kier alpha value is -2.83. The zero-order valence-corrected chi connectivity index (χ0v) is 13.8. The van der Waals surface area contributed by atoms with Gasteiger partial charge in [-0.2, -0.15) is 0 Å². The van der Waals surface area contributed by atoms with Crippen molar-refractivity contribution in [2.45, 2.75) is 12.5 Å². The number of nitrogens with zero attached hydrogens (tertiary/aromatic N) is 4. The van der Waals surface area contributed by atoms with E-state index < -0.39 is 0 Å². The van der Waals surface area contributed by atoms with Crippen LogP contribution < -0.4 is 15.0 Å². The molecule has 0 aliphatic carbocycles. The van der Waals surface area contributed by atoms with Crippen LogP contribution in [0.5, 0.6) is 5.75 Å². The average Bonchev–Trinajstić information content (AvgIpc) is 3.05. The molecule has 7 heteroatoms. The van der Waals surface area contributed by atoms with Crippen molar-refractivity contribution in [2.75, 3.05) is 37.4 Å². The first-order valence-corrected chi connectivity index (χ1v) is 7.88. The Morgan fingerprint density at radius 3 is 2.92 bits per heavy atom. The molecule has 2 aromatic rings. The van der Waals surface area contributed by atoms with Gasteiger partial charge in [0.05, 0.1) is 18.4 Å². The lowest BCUT2D eigenvalue weighted by Crippen LogP contribution is -2.34. The van der Waals surface area contributed by atoms with Crippen molar-refractivity contribution in [2.24, 2.45) is 0 Å². The summed E-state index contributed by atoms with van der Waals surface area (Å²) in [5.74, 6) is 1.53. The molecule has 3 rings (SSSR count). The van der Waals surface area contributed by atoms with Gasteiger partial charge >= 0.3 is 6.03 Å². The van der Waals surface area contributed by atoms with E-state index in [-0.39, 0.29) is 12.1 Å². The number of hydrogen-bond donors (Lipinski definition) is 1. The van der Waals surface area contributed by atoms with Crippen LogP contribution in [-0.4, -0.2) is 54.2 Å². The zero-order chi connectivity index (χ0) is 16.9. The fourth-order valence-corrected chi connectivity index (χ4v) is 2.64. The van der Waals surface area contributed by atoms with Crippen LogP contribution in [0.15, 0.2) is 42.9 Å². The van der Waals surface area contributed by atoms with E-state index in [1.54, 1.807) is 29.6 Å².